The molecule has 0 radical (unpaired) electrons. The van der Waals surface area contributed by atoms with E-state index in [1.807, 2.05) is 67.6 Å². The largest absolute Gasteiger partial charge is 0.396 e. The third-order valence-corrected chi connectivity index (χ3v) is 4.04. The van der Waals surface area contributed by atoms with Crippen LogP contribution < -0.4 is 0 Å². The Morgan fingerprint density at radius 2 is 1.35 bits per heavy atom. The van der Waals surface area contributed by atoms with E-state index < -0.39 is 11.5 Å². The molecule has 20 heavy (non-hydrogen) atoms. The third kappa shape index (κ3) is 2.62. The summed E-state index contributed by atoms with van der Waals surface area (Å²) in [6.07, 6.45) is 0.624. The molecule has 0 saturated heterocycles. The zero-order valence-corrected chi connectivity index (χ0v) is 11.9. The molecule has 0 bridgehead atoms. The molecule has 2 nitrogen and oxygen atoms in total. The lowest BCUT2D eigenvalue weighted by Crippen LogP contribution is -2.41. The van der Waals surface area contributed by atoms with Crippen molar-refractivity contribution in [1.29, 1.82) is 0 Å². The Morgan fingerprint density at radius 1 is 0.900 bits per heavy atom. The topological polar surface area (TPSA) is 40.5 Å². The van der Waals surface area contributed by atoms with Crippen molar-refractivity contribution >= 4 is 0 Å². The molecular formula is C18H22O2. The van der Waals surface area contributed by atoms with Crippen LogP contribution in [0.2, 0.25) is 0 Å². The summed E-state index contributed by atoms with van der Waals surface area (Å²) in [5, 5.41) is 20.3. The first-order chi connectivity index (χ1) is 9.75. The lowest BCUT2D eigenvalue weighted by atomic mass is 9.67. The Bertz CT molecular complexity index is 468. The van der Waals surface area contributed by atoms with Gasteiger partial charge in [-0.1, -0.05) is 67.6 Å². The smallest absolute Gasteiger partial charge is 0.0675 e. The Balaban J connectivity index is 2.63. The van der Waals surface area contributed by atoms with Gasteiger partial charge >= 0.3 is 0 Å². The Morgan fingerprint density at radius 3 is 1.70 bits per heavy atom. The maximum atomic E-state index is 10.7. The van der Waals surface area contributed by atoms with Crippen LogP contribution in [0.1, 0.15) is 30.9 Å². The number of rotatable bonds is 6. The van der Waals surface area contributed by atoms with Crippen LogP contribution in [0.25, 0.3) is 0 Å². The van der Waals surface area contributed by atoms with Gasteiger partial charge in [-0.3, -0.25) is 0 Å². The normalized spacial score (nSPS) is 13.2. The predicted octanol–water partition coefficient (Wildman–Crippen LogP) is 3.13. The third-order valence-electron chi connectivity index (χ3n) is 4.04. The highest BCUT2D eigenvalue weighted by atomic mass is 16.3. The fourth-order valence-corrected chi connectivity index (χ4v) is 3.00. The molecule has 0 aliphatic carbocycles. The van der Waals surface area contributed by atoms with E-state index >= 15 is 0 Å². The predicted molar refractivity (Wildman–Crippen MR) is 81.7 cm³/mol. The minimum Gasteiger partial charge on any atom is -0.396 e. The SMILES string of the molecule is CCC(O)C(CCO)(c1ccccc1)c1ccccc1. The van der Waals surface area contributed by atoms with E-state index in [0.717, 1.165) is 11.1 Å². The molecule has 0 amide bonds. The zero-order chi connectivity index (χ0) is 14.4. The molecule has 0 spiro atoms. The second-order valence-corrected chi connectivity index (χ2v) is 5.10. The zero-order valence-electron chi connectivity index (χ0n) is 11.9. The van der Waals surface area contributed by atoms with E-state index in [1.54, 1.807) is 0 Å². The summed E-state index contributed by atoms with van der Waals surface area (Å²) in [6.45, 7) is 2.02. The number of aliphatic hydroxyl groups is 2. The van der Waals surface area contributed by atoms with Gasteiger partial charge in [-0.25, -0.2) is 0 Å². The summed E-state index contributed by atoms with van der Waals surface area (Å²) in [6, 6.07) is 20.0. The van der Waals surface area contributed by atoms with Gasteiger partial charge in [-0.15, -0.1) is 0 Å². The van der Waals surface area contributed by atoms with Crippen molar-refractivity contribution in [1.82, 2.24) is 0 Å². The van der Waals surface area contributed by atoms with Crippen molar-refractivity contribution in [2.24, 2.45) is 0 Å². The van der Waals surface area contributed by atoms with Crippen LogP contribution in [-0.2, 0) is 5.41 Å². The van der Waals surface area contributed by atoms with Crippen LogP contribution in [-0.4, -0.2) is 22.9 Å². The molecule has 0 saturated carbocycles. The highest BCUT2D eigenvalue weighted by Gasteiger charge is 2.39. The second kappa shape index (κ2) is 6.69. The lowest BCUT2D eigenvalue weighted by Gasteiger charge is -2.39. The molecule has 0 aromatic heterocycles. The van der Waals surface area contributed by atoms with E-state index in [9.17, 15) is 10.2 Å². The maximum absolute atomic E-state index is 10.7. The van der Waals surface area contributed by atoms with Crippen LogP contribution in [0.4, 0.5) is 0 Å². The van der Waals surface area contributed by atoms with Gasteiger partial charge in [-0.2, -0.15) is 0 Å². The van der Waals surface area contributed by atoms with Crippen molar-refractivity contribution in [3.05, 3.63) is 71.8 Å². The molecule has 1 atom stereocenters. The van der Waals surface area contributed by atoms with Crippen molar-refractivity contribution in [2.75, 3.05) is 6.61 Å². The van der Waals surface area contributed by atoms with Gasteiger partial charge in [0.05, 0.1) is 6.10 Å². The first-order valence-electron chi connectivity index (χ1n) is 7.15. The standard InChI is InChI=1S/C18H22O2/c1-2-17(20)18(13-14-19,15-9-5-3-6-10-15)16-11-7-4-8-12-16/h3-12,17,19-20H,2,13-14H2,1H3. The van der Waals surface area contributed by atoms with Gasteiger partial charge in [0.2, 0.25) is 0 Å². The van der Waals surface area contributed by atoms with Crippen LogP contribution in [0.3, 0.4) is 0 Å². The van der Waals surface area contributed by atoms with E-state index in [2.05, 4.69) is 0 Å². The molecule has 106 valence electrons. The lowest BCUT2D eigenvalue weighted by molar-refractivity contribution is 0.0797. The Kier molecular flexibility index (Phi) is 4.94. The summed E-state index contributed by atoms with van der Waals surface area (Å²) < 4.78 is 0. The van der Waals surface area contributed by atoms with Crippen LogP contribution >= 0.6 is 0 Å². The molecule has 2 aromatic rings. The van der Waals surface area contributed by atoms with E-state index in [0.29, 0.717) is 12.8 Å². The summed E-state index contributed by atoms with van der Waals surface area (Å²) >= 11 is 0. The van der Waals surface area contributed by atoms with Crippen molar-refractivity contribution < 1.29 is 10.2 Å². The van der Waals surface area contributed by atoms with Gasteiger partial charge in [-0.05, 0) is 24.0 Å². The molecule has 0 heterocycles. The van der Waals surface area contributed by atoms with Gasteiger partial charge in [0.25, 0.3) is 0 Å². The number of hydrogen-bond donors (Lipinski definition) is 2. The molecule has 0 aliphatic rings. The van der Waals surface area contributed by atoms with Crippen molar-refractivity contribution in [3.63, 3.8) is 0 Å². The van der Waals surface area contributed by atoms with E-state index in [4.69, 9.17) is 0 Å². The monoisotopic (exact) mass is 270 g/mol. The average molecular weight is 270 g/mol. The van der Waals surface area contributed by atoms with Crippen LogP contribution in [0.15, 0.2) is 60.7 Å². The fourth-order valence-electron chi connectivity index (χ4n) is 3.00. The minimum absolute atomic E-state index is 0.0425. The number of aliphatic hydroxyl groups excluding tert-OH is 2. The first-order valence-corrected chi connectivity index (χ1v) is 7.15. The summed E-state index contributed by atoms with van der Waals surface area (Å²) in [5.41, 5.74) is 1.55. The minimum atomic E-state index is -0.550. The van der Waals surface area contributed by atoms with Gasteiger partial charge in [0.15, 0.2) is 0 Å². The van der Waals surface area contributed by atoms with Gasteiger partial charge < -0.3 is 10.2 Å². The fraction of sp³-hybridized carbons (Fsp3) is 0.333. The summed E-state index contributed by atoms with van der Waals surface area (Å²) in [4.78, 5) is 0. The molecule has 2 rings (SSSR count). The molecule has 2 heteroatoms. The Hall–Kier alpha value is -1.64. The van der Waals surface area contributed by atoms with E-state index in [1.165, 1.54) is 0 Å². The van der Waals surface area contributed by atoms with Crippen molar-refractivity contribution in [2.45, 2.75) is 31.3 Å². The van der Waals surface area contributed by atoms with Crippen molar-refractivity contribution in [3.8, 4) is 0 Å². The van der Waals surface area contributed by atoms with Gasteiger partial charge in [0.1, 0.15) is 0 Å². The molecule has 1 unspecified atom stereocenters. The quantitative estimate of drug-likeness (QED) is 0.846. The maximum Gasteiger partial charge on any atom is 0.0675 e. The molecule has 0 fully saturated rings. The number of hydrogen-bond acceptors (Lipinski definition) is 2. The average Bonchev–Trinajstić information content (AvgIpc) is 2.53. The highest BCUT2D eigenvalue weighted by molar-refractivity contribution is 5.41. The molecule has 0 aliphatic heterocycles. The summed E-state index contributed by atoms with van der Waals surface area (Å²) in [5.74, 6) is 0. The Labute approximate surface area is 120 Å². The molecule has 2 N–H and O–H groups in total. The van der Waals surface area contributed by atoms with Crippen LogP contribution in [0, 0.1) is 0 Å². The van der Waals surface area contributed by atoms with Crippen LogP contribution in [0.5, 0.6) is 0 Å². The molecular weight excluding hydrogens is 248 g/mol. The summed E-state index contributed by atoms with van der Waals surface area (Å²) in [7, 11) is 0. The second-order valence-electron chi connectivity index (χ2n) is 5.10. The van der Waals surface area contributed by atoms with Gasteiger partial charge in [0, 0.05) is 12.0 Å². The molecule has 2 aromatic carbocycles. The first kappa shape index (κ1) is 14.8. The number of benzene rings is 2. The van der Waals surface area contributed by atoms with E-state index in [-0.39, 0.29) is 6.61 Å². The highest BCUT2D eigenvalue weighted by Crippen LogP contribution is 2.39.